The van der Waals surface area contributed by atoms with Crippen molar-refractivity contribution in [3.05, 3.63) is 30.1 Å². The number of rotatable bonds is 7. The molecule has 0 bridgehead atoms. The number of ether oxygens (including phenoxy) is 1. The van der Waals surface area contributed by atoms with Crippen LogP contribution in [-0.2, 0) is 10.0 Å². The first-order chi connectivity index (χ1) is 12.4. The molecule has 1 saturated carbocycles. The van der Waals surface area contributed by atoms with Crippen LogP contribution in [0.5, 0.6) is 5.75 Å². The van der Waals surface area contributed by atoms with Crippen LogP contribution >= 0.6 is 11.8 Å². The first-order valence-electron chi connectivity index (χ1n) is 8.75. The Morgan fingerprint density at radius 1 is 1.19 bits per heavy atom. The predicted molar refractivity (Wildman–Crippen MR) is 101 cm³/mol. The second-order valence-corrected chi connectivity index (χ2v) is 9.03. The summed E-state index contributed by atoms with van der Waals surface area (Å²) in [6.45, 7) is 2.51. The van der Waals surface area contributed by atoms with Crippen molar-refractivity contribution in [3.8, 4) is 5.75 Å². The highest BCUT2D eigenvalue weighted by atomic mass is 32.2. The maximum absolute atomic E-state index is 11.2. The number of sulfonamides is 1. The van der Waals surface area contributed by atoms with Crippen molar-refractivity contribution in [1.82, 2.24) is 14.8 Å². The Morgan fingerprint density at radius 2 is 1.88 bits per heavy atom. The summed E-state index contributed by atoms with van der Waals surface area (Å²) >= 11 is 1.64. The first-order valence-corrected chi connectivity index (χ1v) is 11.3. The smallest absolute Gasteiger partial charge is 0.238 e. The van der Waals surface area contributed by atoms with Gasteiger partial charge in [-0.3, -0.25) is 0 Å². The number of thioether (sulfide) groups is 1. The summed E-state index contributed by atoms with van der Waals surface area (Å²) in [5.41, 5.74) is 0. The van der Waals surface area contributed by atoms with E-state index in [1.165, 1.54) is 44.2 Å². The van der Waals surface area contributed by atoms with Gasteiger partial charge in [-0.15, -0.1) is 10.2 Å². The molecule has 1 fully saturated rings. The van der Waals surface area contributed by atoms with E-state index in [0.29, 0.717) is 18.4 Å². The van der Waals surface area contributed by atoms with Gasteiger partial charge in [-0.25, -0.2) is 13.6 Å². The van der Waals surface area contributed by atoms with Gasteiger partial charge in [-0.2, -0.15) is 0 Å². The largest absolute Gasteiger partial charge is 0.493 e. The number of hydrogen-bond acceptors (Lipinski definition) is 6. The normalized spacial score (nSPS) is 15.9. The van der Waals surface area contributed by atoms with Gasteiger partial charge >= 0.3 is 0 Å². The molecule has 0 atom stereocenters. The van der Waals surface area contributed by atoms with Crippen molar-refractivity contribution in [3.63, 3.8) is 0 Å². The Morgan fingerprint density at radius 3 is 2.54 bits per heavy atom. The number of benzene rings is 1. The van der Waals surface area contributed by atoms with Crippen LogP contribution in [0, 0.1) is 6.92 Å². The van der Waals surface area contributed by atoms with E-state index in [4.69, 9.17) is 9.88 Å². The second-order valence-electron chi connectivity index (χ2n) is 6.40. The SMILES string of the molecule is Cc1nnc(SCCOc2ccc(S(N)(=O)=O)cc2)n1C1CCCCC1. The van der Waals surface area contributed by atoms with Crippen molar-refractivity contribution in [1.29, 1.82) is 0 Å². The topological polar surface area (TPSA) is 100 Å². The minimum absolute atomic E-state index is 0.0790. The maximum Gasteiger partial charge on any atom is 0.238 e. The molecule has 2 N–H and O–H groups in total. The zero-order valence-corrected chi connectivity index (χ0v) is 16.4. The second kappa shape index (κ2) is 8.41. The Kier molecular flexibility index (Phi) is 6.20. The van der Waals surface area contributed by atoms with Gasteiger partial charge in [0.25, 0.3) is 0 Å². The molecular formula is C17H24N4O3S2. The van der Waals surface area contributed by atoms with Crippen molar-refractivity contribution < 1.29 is 13.2 Å². The summed E-state index contributed by atoms with van der Waals surface area (Å²) in [4.78, 5) is 0.0790. The summed E-state index contributed by atoms with van der Waals surface area (Å²) in [6.07, 6.45) is 6.24. The number of nitrogens with zero attached hydrogens (tertiary/aromatic N) is 3. The summed E-state index contributed by atoms with van der Waals surface area (Å²) in [7, 11) is -3.67. The Bertz CT molecular complexity index is 828. The van der Waals surface area contributed by atoms with Gasteiger partial charge in [-0.1, -0.05) is 31.0 Å². The van der Waals surface area contributed by atoms with Crippen molar-refractivity contribution in [2.45, 2.75) is 55.1 Å². The van der Waals surface area contributed by atoms with Gasteiger partial charge < -0.3 is 9.30 Å². The molecular weight excluding hydrogens is 372 g/mol. The summed E-state index contributed by atoms with van der Waals surface area (Å²) in [6, 6.07) is 6.62. The highest BCUT2D eigenvalue weighted by molar-refractivity contribution is 7.99. The highest BCUT2D eigenvalue weighted by Gasteiger charge is 2.21. The molecule has 0 radical (unpaired) electrons. The van der Waals surface area contributed by atoms with E-state index in [2.05, 4.69) is 14.8 Å². The van der Waals surface area contributed by atoms with Crippen molar-refractivity contribution in [2.24, 2.45) is 5.14 Å². The molecule has 2 aromatic rings. The molecule has 1 aliphatic rings. The van der Waals surface area contributed by atoms with E-state index < -0.39 is 10.0 Å². The van der Waals surface area contributed by atoms with Crippen molar-refractivity contribution >= 4 is 21.8 Å². The van der Waals surface area contributed by atoms with Gasteiger partial charge in [0, 0.05) is 11.8 Å². The van der Waals surface area contributed by atoms with E-state index in [1.807, 2.05) is 6.92 Å². The zero-order chi connectivity index (χ0) is 18.6. The molecule has 1 heterocycles. The van der Waals surface area contributed by atoms with Crippen LogP contribution in [0.2, 0.25) is 0 Å². The molecule has 0 unspecified atom stereocenters. The van der Waals surface area contributed by atoms with Crippen LogP contribution in [0.15, 0.2) is 34.3 Å². The fraction of sp³-hybridized carbons (Fsp3) is 0.529. The molecule has 0 amide bonds. The van der Waals surface area contributed by atoms with Crippen LogP contribution in [0.4, 0.5) is 0 Å². The molecule has 3 rings (SSSR count). The molecule has 142 valence electrons. The molecule has 9 heteroatoms. The molecule has 26 heavy (non-hydrogen) atoms. The fourth-order valence-corrected chi connectivity index (χ4v) is 4.61. The summed E-state index contributed by atoms with van der Waals surface area (Å²) in [5.74, 6) is 2.32. The first kappa shape index (κ1) is 19.2. The molecule has 1 aromatic carbocycles. The Hall–Kier alpha value is -1.58. The molecule has 0 aliphatic heterocycles. The highest BCUT2D eigenvalue weighted by Crippen LogP contribution is 2.32. The molecule has 1 aliphatic carbocycles. The quantitative estimate of drug-likeness (QED) is 0.570. The molecule has 0 saturated heterocycles. The number of hydrogen-bond donors (Lipinski definition) is 1. The van der Waals surface area contributed by atoms with Gasteiger partial charge in [0.05, 0.1) is 11.5 Å². The lowest BCUT2D eigenvalue weighted by atomic mass is 9.95. The summed E-state index contributed by atoms with van der Waals surface area (Å²) in [5, 5.41) is 14.6. The minimum atomic E-state index is -3.67. The minimum Gasteiger partial charge on any atom is -0.493 e. The van der Waals surface area contributed by atoms with Crippen LogP contribution in [0.25, 0.3) is 0 Å². The third-order valence-corrected chi connectivity index (χ3v) is 6.35. The van der Waals surface area contributed by atoms with E-state index in [-0.39, 0.29) is 4.90 Å². The molecule has 1 aromatic heterocycles. The number of aryl methyl sites for hydroxylation is 1. The van der Waals surface area contributed by atoms with Gasteiger partial charge in [0.15, 0.2) is 5.16 Å². The number of primary sulfonamides is 1. The number of aromatic nitrogens is 3. The van der Waals surface area contributed by atoms with Crippen LogP contribution in [0.1, 0.15) is 44.0 Å². The third-order valence-electron chi connectivity index (χ3n) is 4.51. The fourth-order valence-electron chi connectivity index (χ4n) is 3.23. The lowest BCUT2D eigenvalue weighted by Crippen LogP contribution is -2.15. The average molecular weight is 397 g/mol. The van der Waals surface area contributed by atoms with E-state index >= 15 is 0 Å². The zero-order valence-electron chi connectivity index (χ0n) is 14.8. The molecule has 7 nitrogen and oxygen atoms in total. The standard InChI is InChI=1S/C17H24N4O3S2/c1-13-19-20-17(21(13)14-5-3-2-4-6-14)25-12-11-24-15-7-9-16(10-8-15)26(18,22)23/h7-10,14H,2-6,11-12H2,1H3,(H2,18,22,23). The van der Waals surface area contributed by atoms with Crippen molar-refractivity contribution in [2.75, 3.05) is 12.4 Å². The lowest BCUT2D eigenvalue weighted by molar-refractivity contribution is 0.330. The Labute approximate surface area is 158 Å². The van der Waals surface area contributed by atoms with E-state index in [0.717, 1.165) is 16.7 Å². The van der Waals surface area contributed by atoms with Crippen LogP contribution < -0.4 is 9.88 Å². The third kappa shape index (κ3) is 4.77. The maximum atomic E-state index is 11.2. The van der Waals surface area contributed by atoms with Gasteiger partial charge in [0.2, 0.25) is 10.0 Å². The summed E-state index contributed by atoms with van der Waals surface area (Å²) < 4.78 is 30.4. The predicted octanol–water partition coefficient (Wildman–Crippen LogP) is 2.91. The van der Waals surface area contributed by atoms with Gasteiger partial charge in [0.1, 0.15) is 11.6 Å². The lowest BCUT2D eigenvalue weighted by Gasteiger charge is -2.24. The van der Waals surface area contributed by atoms with E-state index in [1.54, 1.807) is 23.9 Å². The molecule has 0 spiro atoms. The number of nitrogens with two attached hydrogens (primary N) is 1. The average Bonchev–Trinajstić information content (AvgIpc) is 3.00. The van der Waals surface area contributed by atoms with Gasteiger partial charge in [-0.05, 0) is 44.0 Å². The van der Waals surface area contributed by atoms with Crippen LogP contribution in [0.3, 0.4) is 0 Å². The van der Waals surface area contributed by atoms with E-state index in [9.17, 15) is 8.42 Å². The van der Waals surface area contributed by atoms with Crippen LogP contribution in [-0.4, -0.2) is 35.5 Å². The monoisotopic (exact) mass is 396 g/mol. The Balaban J connectivity index is 1.52.